The molecule has 1 aromatic rings. The molecule has 0 aromatic carbocycles. The van der Waals surface area contributed by atoms with Gasteiger partial charge in [0.15, 0.2) is 17.8 Å². The molecule has 1 aromatic heterocycles. The molecule has 0 amide bonds. The minimum absolute atomic E-state index is 0.0982. The molecule has 5 aliphatic rings. The number of hydrogen-bond donors (Lipinski definition) is 0. The lowest BCUT2D eigenvalue weighted by molar-refractivity contribution is -0.322. The summed E-state index contributed by atoms with van der Waals surface area (Å²) in [5.41, 5.74) is -6.93. The number of carbonyl (C=O) groups excluding carboxylic acids is 7. The topological polar surface area (TPSA) is 197 Å². The number of esters is 7. The number of furan rings is 1. The third kappa shape index (κ3) is 5.38. The first-order valence-corrected chi connectivity index (χ1v) is 18.3. The number of carbonyl (C=O) groups is 7. The molecule has 0 spiro atoms. The van der Waals surface area contributed by atoms with Crippen LogP contribution in [0.5, 0.6) is 0 Å². The number of methoxy groups -OCH3 is 1. The second-order valence-corrected chi connectivity index (χ2v) is 16.1. The van der Waals surface area contributed by atoms with Gasteiger partial charge in [0.25, 0.3) is 0 Å². The highest BCUT2D eigenvalue weighted by Gasteiger charge is 2.94. The Morgan fingerprint density at radius 3 is 2.11 bits per heavy atom. The van der Waals surface area contributed by atoms with Crippen molar-refractivity contribution in [3.63, 3.8) is 0 Å². The van der Waals surface area contributed by atoms with Crippen LogP contribution < -0.4 is 0 Å². The van der Waals surface area contributed by atoms with Gasteiger partial charge in [0.05, 0.1) is 19.6 Å². The molecule has 2 bridgehead atoms. The molecule has 0 radical (unpaired) electrons. The molecule has 1 unspecified atom stereocenters. The SMILES string of the molecule is C/C=C(\C)C(=O)O[C@H]1[C@@]2(C)C[C@]3(OC(C)=O)[C@]1(OC(C)=O)[C@H](OC(C)=O)C1=C4[C@@H](OC(C)=O)C(=O)O[C@@H](c5ccoc5)[C@]4(C)CCC1[C@]3(C)[C@H]2CC(=O)OC. The van der Waals surface area contributed by atoms with Crippen molar-refractivity contribution in [2.24, 2.45) is 28.1 Å². The molecule has 55 heavy (non-hydrogen) atoms. The number of cyclic esters (lactones) is 1. The maximum Gasteiger partial charge on any atom is 0.352 e. The number of rotatable bonds is 9. The highest BCUT2D eigenvalue weighted by atomic mass is 16.7. The fraction of sp³-hybridized carbons (Fsp3) is 0.625. The second kappa shape index (κ2) is 13.4. The zero-order valence-corrected chi connectivity index (χ0v) is 32.7. The minimum Gasteiger partial charge on any atom is -0.472 e. The van der Waals surface area contributed by atoms with Gasteiger partial charge in [0, 0.05) is 67.9 Å². The summed E-state index contributed by atoms with van der Waals surface area (Å²) in [5, 5.41) is 0. The summed E-state index contributed by atoms with van der Waals surface area (Å²) < 4.78 is 48.1. The quantitative estimate of drug-likeness (QED) is 0.147. The Labute approximate surface area is 318 Å². The summed E-state index contributed by atoms with van der Waals surface area (Å²) in [5.74, 6) is -7.27. The monoisotopic (exact) mass is 768 g/mol. The van der Waals surface area contributed by atoms with Gasteiger partial charge >= 0.3 is 41.8 Å². The van der Waals surface area contributed by atoms with Gasteiger partial charge in [-0.15, -0.1) is 0 Å². The Balaban J connectivity index is 1.82. The van der Waals surface area contributed by atoms with Gasteiger partial charge in [-0.05, 0) is 55.7 Å². The molecular weight excluding hydrogens is 720 g/mol. The first kappa shape index (κ1) is 39.7. The third-order valence-corrected chi connectivity index (χ3v) is 13.2. The minimum atomic E-state index is -2.32. The smallest absolute Gasteiger partial charge is 0.352 e. The van der Waals surface area contributed by atoms with Crippen LogP contribution in [0.3, 0.4) is 0 Å². The molecule has 1 saturated heterocycles. The predicted molar refractivity (Wildman–Crippen MR) is 186 cm³/mol. The fourth-order valence-electron chi connectivity index (χ4n) is 11.4. The van der Waals surface area contributed by atoms with Gasteiger partial charge in [-0.2, -0.15) is 0 Å². The van der Waals surface area contributed by atoms with Crippen molar-refractivity contribution in [1.29, 1.82) is 0 Å². The Morgan fingerprint density at radius 2 is 1.56 bits per heavy atom. The maximum atomic E-state index is 14.2. The average Bonchev–Trinajstić information content (AvgIpc) is 3.75. The zero-order valence-electron chi connectivity index (χ0n) is 32.7. The highest BCUT2D eigenvalue weighted by molar-refractivity contribution is 5.88. The van der Waals surface area contributed by atoms with E-state index in [4.69, 9.17) is 37.6 Å². The van der Waals surface area contributed by atoms with E-state index in [1.807, 2.05) is 13.8 Å². The lowest BCUT2D eigenvalue weighted by Gasteiger charge is -2.69. The van der Waals surface area contributed by atoms with Crippen LogP contribution in [-0.4, -0.2) is 78.4 Å². The maximum absolute atomic E-state index is 14.2. The molecule has 15 nitrogen and oxygen atoms in total. The van der Waals surface area contributed by atoms with E-state index in [0.29, 0.717) is 5.56 Å². The predicted octanol–water partition coefficient (Wildman–Crippen LogP) is 4.56. The summed E-state index contributed by atoms with van der Waals surface area (Å²) in [6, 6.07) is 1.64. The van der Waals surface area contributed by atoms with E-state index in [1.54, 1.807) is 19.9 Å². The van der Waals surface area contributed by atoms with Crippen molar-refractivity contribution in [2.45, 2.75) is 124 Å². The molecule has 15 heteroatoms. The summed E-state index contributed by atoms with van der Waals surface area (Å²) in [6.45, 7) is 13.2. The van der Waals surface area contributed by atoms with Crippen LogP contribution in [0.25, 0.3) is 0 Å². The molecule has 298 valence electrons. The lowest BCUT2D eigenvalue weighted by atomic mass is 9.40. The average molecular weight is 769 g/mol. The van der Waals surface area contributed by atoms with Gasteiger partial charge in [-0.1, -0.05) is 26.8 Å². The number of ether oxygens (including phenoxy) is 7. The van der Waals surface area contributed by atoms with Crippen LogP contribution in [0.1, 0.15) is 99.7 Å². The van der Waals surface area contributed by atoms with Crippen LogP contribution in [0.15, 0.2) is 45.8 Å². The van der Waals surface area contributed by atoms with Gasteiger partial charge in [0.1, 0.15) is 6.10 Å². The second-order valence-electron chi connectivity index (χ2n) is 16.1. The van der Waals surface area contributed by atoms with E-state index in [-0.39, 0.29) is 42.4 Å². The summed E-state index contributed by atoms with van der Waals surface area (Å²) in [4.78, 5) is 94.9. The summed E-state index contributed by atoms with van der Waals surface area (Å²) in [6.07, 6.45) is -1.29. The molecule has 3 saturated carbocycles. The standard InChI is InChI=1S/C40H48O15/c1-11-19(2)33(46)53-35-37(8)18-39(54-22(5)43)38(9,26(37)16-27(45)48-10)25-12-14-36(7)29(28(25)32(51-21(4)42)40(35,39)55-23(6)44)30(50-20(3)41)34(47)52-31(36)24-13-15-49-17-24/h11,13,15,17,25-26,30-32,35H,12,14,16,18H2,1-10H3/b19-11+/t25?,26-,30+,31-,32+,35-,36+,37-,38+,39+,40-/m0/s1. The molecule has 0 N–H and O–H groups in total. The van der Waals surface area contributed by atoms with Crippen molar-refractivity contribution in [1.82, 2.24) is 0 Å². The van der Waals surface area contributed by atoms with Crippen molar-refractivity contribution in [3.05, 3.63) is 47.0 Å². The molecule has 6 rings (SSSR count). The summed E-state index contributed by atoms with van der Waals surface area (Å²) >= 11 is 0. The highest BCUT2D eigenvalue weighted by Crippen LogP contribution is 2.83. The zero-order chi connectivity index (χ0) is 40.6. The van der Waals surface area contributed by atoms with E-state index < -0.39 is 105 Å². The molecule has 11 atom stereocenters. The first-order chi connectivity index (χ1) is 25.7. The number of fused-ring (bicyclic) bond motifs is 4. The van der Waals surface area contributed by atoms with Crippen LogP contribution in [0.4, 0.5) is 0 Å². The molecular formula is C40H48O15. The van der Waals surface area contributed by atoms with Crippen molar-refractivity contribution < 1.29 is 71.1 Å². The molecule has 4 aliphatic carbocycles. The Kier molecular flexibility index (Phi) is 9.66. The van der Waals surface area contributed by atoms with E-state index in [1.165, 1.54) is 39.6 Å². The normalized spacial score (nSPS) is 38.5. The van der Waals surface area contributed by atoms with E-state index in [0.717, 1.165) is 20.8 Å². The van der Waals surface area contributed by atoms with Gasteiger partial charge < -0.3 is 37.6 Å². The van der Waals surface area contributed by atoms with E-state index in [2.05, 4.69) is 0 Å². The van der Waals surface area contributed by atoms with Crippen LogP contribution >= 0.6 is 0 Å². The van der Waals surface area contributed by atoms with Crippen molar-refractivity contribution in [3.8, 4) is 0 Å². The Morgan fingerprint density at radius 1 is 0.909 bits per heavy atom. The first-order valence-electron chi connectivity index (χ1n) is 18.3. The fourth-order valence-corrected chi connectivity index (χ4v) is 11.4. The largest absolute Gasteiger partial charge is 0.472 e. The Bertz CT molecular complexity index is 1910. The molecule has 4 fully saturated rings. The number of hydrogen-bond acceptors (Lipinski definition) is 15. The van der Waals surface area contributed by atoms with Gasteiger partial charge in [-0.3, -0.25) is 24.0 Å². The van der Waals surface area contributed by atoms with Crippen molar-refractivity contribution >= 4 is 41.8 Å². The van der Waals surface area contributed by atoms with Crippen LogP contribution in [0.2, 0.25) is 0 Å². The summed E-state index contributed by atoms with van der Waals surface area (Å²) in [7, 11) is 1.24. The van der Waals surface area contributed by atoms with Crippen LogP contribution in [0, 0.1) is 28.1 Å². The molecule has 1 aliphatic heterocycles. The number of allylic oxidation sites excluding steroid dienone is 1. The van der Waals surface area contributed by atoms with Crippen molar-refractivity contribution in [2.75, 3.05) is 7.11 Å². The van der Waals surface area contributed by atoms with E-state index in [9.17, 15) is 33.6 Å². The molecule has 2 heterocycles. The van der Waals surface area contributed by atoms with Gasteiger partial charge in [-0.25, -0.2) is 9.59 Å². The van der Waals surface area contributed by atoms with Gasteiger partial charge in [0.2, 0.25) is 11.7 Å². The Hall–Kier alpha value is -4.95. The van der Waals surface area contributed by atoms with Crippen LogP contribution in [-0.2, 0) is 66.7 Å². The van der Waals surface area contributed by atoms with E-state index >= 15 is 0 Å². The third-order valence-electron chi connectivity index (χ3n) is 13.2. The lowest BCUT2D eigenvalue weighted by Crippen LogP contribution is -2.82.